The summed E-state index contributed by atoms with van der Waals surface area (Å²) in [7, 11) is 1.67. The fourth-order valence-corrected chi connectivity index (χ4v) is 5.06. The van der Waals surface area contributed by atoms with Crippen molar-refractivity contribution in [1.29, 1.82) is 0 Å². The lowest BCUT2D eigenvalue weighted by atomic mass is 10.0. The average Bonchev–Trinajstić information content (AvgIpc) is 3.44. The summed E-state index contributed by atoms with van der Waals surface area (Å²) in [6.45, 7) is 3.59. The van der Waals surface area contributed by atoms with Gasteiger partial charge in [0.15, 0.2) is 5.11 Å². The molecule has 1 fully saturated rings. The summed E-state index contributed by atoms with van der Waals surface area (Å²) >= 11 is 5.87. The van der Waals surface area contributed by atoms with E-state index in [4.69, 9.17) is 17.0 Å². The van der Waals surface area contributed by atoms with Gasteiger partial charge in [0.2, 0.25) is 5.91 Å². The van der Waals surface area contributed by atoms with Crippen molar-refractivity contribution >= 4 is 34.6 Å². The van der Waals surface area contributed by atoms with E-state index in [0.717, 1.165) is 39.9 Å². The zero-order valence-corrected chi connectivity index (χ0v) is 21.1. The number of rotatable bonds is 6. The van der Waals surface area contributed by atoms with E-state index in [2.05, 4.69) is 56.3 Å². The van der Waals surface area contributed by atoms with Gasteiger partial charge >= 0.3 is 0 Å². The first-order valence-electron chi connectivity index (χ1n) is 11.7. The summed E-state index contributed by atoms with van der Waals surface area (Å²) in [4.78, 5) is 18.3. The van der Waals surface area contributed by atoms with Crippen molar-refractivity contribution in [3.8, 4) is 11.4 Å². The smallest absolute Gasteiger partial charge is 0.221 e. The normalized spacial score (nSPS) is 17.1. The predicted octanol–water partition coefficient (Wildman–Crippen LogP) is 5.32. The number of amides is 1. The maximum atomic E-state index is 11.5. The highest BCUT2D eigenvalue weighted by atomic mass is 32.1. The van der Waals surface area contributed by atoms with Crippen LogP contribution in [0.4, 0.5) is 11.4 Å². The maximum absolute atomic E-state index is 11.5. The minimum absolute atomic E-state index is 0.109. The number of aryl methyl sites for hydroxylation is 1. The molecule has 7 nitrogen and oxygen atoms in total. The topological polar surface area (TPSA) is 71.4 Å². The van der Waals surface area contributed by atoms with Crippen LogP contribution in [-0.2, 0) is 4.79 Å². The Morgan fingerprint density at radius 1 is 1.00 bits per heavy atom. The summed E-state index contributed by atoms with van der Waals surface area (Å²) in [6.07, 6.45) is 1.80. The number of hydrogen-bond acceptors (Lipinski definition) is 4. The highest BCUT2D eigenvalue weighted by Crippen LogP contribution is 2.43. The molecule has 1 aliphatic heterocycles. The van der Waals surface area contributed by atoms with Crippen LogP contribution in [0.3, 0.4) is 0 Å². The third-order valence-electron chi connectivity index (χ3n) is 6.30. The Morgan fingerprint density at radius 3 is 2.36 bits per heavy atom. The second-order valence-corrected chi connectivity index (χ2v) is 9.04. The monoisotopic (exact) mass is 497 g/mol. The van der Waals surface area contributed by atoms with Crippen LogP contribution >= 0.6 is 12.2 Å². The number of carbonyl (C=O) groups is 1. The van der Waals surface area contributed by atoms with Gasteiger partial charge in [0.1, 0.15) is 11.8 Å². The molecule has 0 aliphatic carbocycles. The molecule has 1 aliphatic rings. The van der Waals surface area contributed by atoms with Crippen LogP contribution < -0.4 is 20.3 Å². The van der Waals surface area contributed by atoms with E-state index < -0.39 is 0 Å². The Hall–Kier alpha value is -4.17. The number of ether oxygens (including phenoxy) is 1. The summed E-state index contributed by atoms with van der Waals surface area (Å²) in [5.74, 6) is 0.697. The van der Waals surface area contributed by atoms with E-state index in [1.165, 1.54) is 6.92 Å². The van der Waals surface area contributed by atoms with E-state index in [1.54, 1.807) is 13.3 Å². The molecule has 2 N–H and O–H groups in total. The van der Waals surface area contributed by atoms with E-state index >= 15 is 0 Å². The van der Waals surface area contributed by atoms with Crippen molar-refractivity contribution in [1.82, 2.24) is 14.9 Å². The molecule has 1 saturated heterocycles. The van der Waals surface area contributed by atoms with Gasteiger partial charge in [0.25, 0.3) is 0 Å². The van der Waals surface area contributed by atoms with Crippen molar-refractivity contribution in [3.63, 3.8) is 0 Å². The zero-order chi connectivity index (χ0) is 25.2. The van der Waals surface area contributed by atoms with Crippen LogP contribution in [0.5, 0.6) is 5.75 Å². The number of aromatic nitrogens is 2. The number of methoxy groups -OCH3 is 1. The molecule has 3 heterocycles. The molecular formula is C28H27N5O2S. The molecule has 0 saturated carbocycles. The Bertz CT molecular complexity index is 1380. The molecule has 5 rings (SSSR count). The van der Waals surface area contributed by atoms with Crippen LogP contribution in [0.25, 0.3) is 5.69 Å². The van der Waals surface area contributed by atoms with Gasteiger partial charge in [-0.05, 0) is 91.9 Å². The van der Waals surface area contributed by atoms with Crippen molar-refractivity contribution in [2.45, 2.75) is 25.9 Å². The number of anilines is 2. The van der Waals surface area contributed by atoms with E-state index in [-0.39, 0.29) is 18.0 Å². The van der Waals surface area contributed by atoms with Crippen LogP contribution in [0.15, 0.2) is 85.1 Å². The second-order valence-electron chi connectivity index (χ2n) is 8.66. The fraction of sp³-hybridized carbons (Fsp3) is 0.179. The number of carbonyl (C=O) groups excluding carboxylic acids is 1. The molecule has 2 atom stereocenters. The summed E-state index contributed by atoms with van der Waals surface area (Å²) in [6, 6.07) is 25.6. The number of pyridine rings is 1. The largest absolute Gasteiger partial charge is 0.497 e. The highest BCUT2D eigenvalue weighted by Gasteiger charge is 2.42. The van der Waals surface area contributed by atoms with Crippen LogP contribution in [0.1, 0.15) is 36.1 Å². The van der Waals surface area contributed by atoms with E-state index in [0.29, 0.717) is 5.11 Å². The van der Waals surface area contributed by atoms with Crippen molar-refractivity contribution in [2.24, 2.45) is 0 Å². The molecule has 1 amide bonds. The minimum atomic E-state index is -0.171. The third-order valence-corrected chi connectivity index (χ3v) is 6.62. The zero-order valence-electron chi connectivity index (χ0n) is 20.3. The molecule has 182 valence electrons. The van der Waals surface area contributed by atoms with Gasteiger partial charge in [-0.2, -0.15) is 0 Å². The van der Waals surface area contributed by atoms with E-state index in [1.807, 2.05) is 54.6 Å². The van der Waals surface area contributed by atoms with Crippen LogP contribution in [0, 0.1) is 6.92 Å². The lowest BCUT2D eigenvalue weighted by Crippen LogP contribution is -2.30. The fourth-order valence-electron chi connectivity index (χ4n) is 4.72. The Morgan fingerprint density at radius 2 is 1.72 bits per heavy atom. The highest BCUT2D eigenvalue weighted by molar-refractivity contribution is 7.80. The van der Waals surface area contributed by atoms with Crippen LogP contribution in [0.2, 0.25) is 0 Å². The standard InChI is InChI=1S/C28H27N5O2S/c1-18-7-16-25(32(18)21-12-14-23(35-3)15-13-21)27-26(24-6-4-5-17-29-24)31-28(36)33(27)22-10-8-20(9-11-22)30-19(2)34/h4-17,26-27H,1-3H3,(H,30,34)(H,31,36). The molecule has 8 heteroatoms. The molecule has 0 radical (unpaired) electrons. The summed E-state index contributed by atoms with van der Waals surface area (Å²) in [5, 5.41) is 6.95. The molecule has 2 unspecified atom stereocenters. The molecule has 2 aromatic heterocycles. The van der Waals surface area contributed by atoms with Gasteiger partial charge in [0, 0.05) is 41.6 Å². The van der Waals surface area contributed by atoms with Gasteiger partial charge in [-0.15, -0.1) is 0 Å². The third kappa shape index (κ3) is 4.43. The molecular weight excluding hydrogens is 470 g/mol. The summed E-state index contributed by atoms with van der Waals surface area (Å²) < 4.78 is 7.61. The maximum Gasteiger partial charge on any atom is 0.221 e. The molecule has 4 aromatic rings. The molecule has 2 aromatic carbocycles. The number of thiocarbonyl (C=S) groups is 1. The number of nitrogens with one attached hydrogen (secondary N) is 2. The Labute approximate surface area is 215 Å². The Balaban J connectivity index is 1.63. The van der Waals surface area contributed by atoms with Crippen LogP contribution in [-0.4, -0.2) is 27.7 Å². The molecule has 0 bridgehead atoms. The van der Waals surface area contributed by atoms with Crippen molar-refractivity contribution < 1.29 is 9.53 Å². The molecule has 0 spiro atoms. The lowest BCUT2D eigenvalue weighted by Gasteiger charge is -2.29. The SMILES string of the molecule is COc1ccc(-n2c(C)ccc2C2C(c3ccccn3)NC(=S)N2c2ccc(NC(C)=O)cc2)cc1. The quantitative estimate of drug-likeness (QED) is 0.351. The lowest BCUT2D eigenvalue weighted by molar-refractivity contribution is -0.114. The number of hydrogen-bond donors (Lipinski definition) is 2. The Kier molecular flexibility index (Phi) is 6.43. The van der Waals surface area contributed by atoms with E-state index in [9.17, 15) is 4.79 Å². The van der Waals surface area contributed by atoms with Crippen molar-refractivity contribution in [3.05, 3.63) is 102 Å². The second kappa shape index (κ2) is 9.83. The number of benzene rings is 2. The number of nitrogens with zero attached hydrogens (tertiary/aromatic N) is 3. The first-order valence-corrected chi connectivity index (χ1v) is 12.1. The van der Waals surface area contributed by atoms with Crippen molar-refractivity contribution in [2.75, 3.05) is 17.3 Å². The van der Waals surface area contributed by atoms with Gasteiger partial charge < -0.3 is 24.8 Å². The average molecular weight is 498 g/mol. The van der Waals surface area contributed by atoms with Gasteiger partial charge in [-0.25, -0.2) is 0 Å². The summed E-state index contributed by atoms with van der Waals surface area (Å²) in [5.41, 5.74) is 5.78. The predicted molar refractivity (Wildman–Crippen MR) is 146 cm³/mol. The molecule has 36 heavy (non-hydrogen) atoms. The van der Waals surface area contributed by atoms with Gasteiger partial charge in [-0.3, -0.25) is 9.78 Å². The minimum Gasteiger partial charge on any atom is -0.497 e. The van der Waals surface area contributed by atoms with Gasteiger partial charge in [-0.1, -0.05) is 6.07 Å². The first kappa shape index (κ1) is 23.6. The van der Waals surface area contributed by atoms with Gasteiger partial charge in [0.05, 0.1) is 18.8 Å². The first-order chi connectivity index (χ1) is 17.5.